The van der Waals surface area contributed by atoms with Crippen molar-refractivity contribution in [2.24, 2.45) is 0 Å². The first-order chi connectivity index (χ1) is 16.1. The maximum Gasteiger partial charge on any atom is 0.270 e. The van der Waals surface area contributed by atoms with Crippen LogP contribution in [0.15, 0.2) is 100 Å². The lowest BCUT2D eigenvalue weighted by Gasteiger charge is -2.14. The number of carbonyl (C=O) groups excluding carboxylic acids is 1. The van der Waals surface area contributed by atoms with E-state index >= 15 is 0 Å². The number of rotatable bonds is 5. The van der Waals surface area contributed by atoms with Gasteiger partial charge in [-0.1, -0.05) is 101 Å². The van der Waals surface area contributed by atoms with Gasteiger partial charge in [-0.15, -0.1) is 0 Å². The van der Waals surface area contributed by atoms with Gasteiger partial charge in [0.25, 0.3) is 5.91 Å². The van der Waals surface area contributed by atoms with E-state index in [1.54, 1.807) is 4.90 Å². The Morgan fingerprint density at radius 3 is 2.42 bits per heavy atom. The predicted molar refractivity (Wildman–Crippen MR) is 145 cm³/mol. The molecule has 1 amide bonds. The second kappa shape index (κ2) is 9.51. The van der Waals surface area contributed by atoms with Gasteiger partial charge < -0.3 is 4.74 Å². The third-order valence-corrected chi connectivity index (χ3v) is 7.15. The molecule has 3 nitrogen and oxygen atoms in total. The standard InChI is InChI=1S/C27H18BrNO2S2/c28-20-13-10-18(11-14-20)17-31-24-15-12-19-6-4-5-9-22(19)23(24)16-25-26(30)29(27(32)33-25)21-7-2-1-3-8-21/h1-16H,17H2/b25-16+. The van der Waals surface area contributed by atoms with Crippen molar-refractivity contribution in [3.63, 3.8) is 0 Å². The normalized spacial score (nSPS) is 14.9. The summed E-state index contributed by atoms with van der Waals surface area (Å²) in [5, 5.41) is 2.11. The zero-order valence-electron chi connectivity index (χ0n) is 17.4. The van der Waals surface area contributed by atoms with Crippen molar-refractivity contribution < 1.29 is 9.53 Å². The average molecular weight is 532 g/mol. The number of ether oxygens (including phenoxy) is 1. The van der Waals surface area contributed by atoms with E-state index in [0.29, 0.717) is 15.8 Å². The summed E-state index contributed by atoms with van der Waals surface area (Å²) >= 11 is 10.3. The fraction of sp³-hybridized carbons (Fsp3) is 0.0370. The van der Waals surface area contributed by atoms with E-state index in [0.717, 1.165) is 37.8 Å². The van der Waals surface area contributed by atoms with Gasteiger partial charge in [-0.3, -0.25) is 9.69 Å². The van der Waals surface area contributed by atoms with Gasteiger partial charge in [0, 0.05) is 10.0 Å². The summed E-state index contributed by atoms with van der Waals surface area (Å²) < 4.78 is 7.78. The number of halogens is 1. The summed E-state index contributed by atoms with van der Waals surface area (Å²) in [6.45, 7) is 0.428. The van der Waals surface area contributed by atoms with Crippen LogP contribution in [0.3, 0.4) is 0 Å². The highest BCUT2D eigenvalue weighted by atomic mass is 79.9. The smallest absolute Gasteiger partial charge is 0.270 e. The molecule has 0 bridgehead atoms. The predicted octanol–water partition coefficient (Wildman–Crippen LogP) is 7.59. The average Bonchev–Trinajstić information content (AvgIpc) is 3.12. The minimum Gasteiger partial charge on any atom is -0.488 e. The van der Waals surface area contributed by atoms with E-state index in [1.807, 2.05) is 91.0 Å². The van der Waals surface area contributed by atoms with Crippen LogP contribution < -0.4 is 9.64 Å². The molecule has 6 heteroatoms. The molecule has 1 heterocycles. The topological polar surface area (TPSA) is 29.5 Å². The van der Waals surface area contributed by atoms with Gasteiger partial charge in [-0.25, -0.2) is 0 Å². The number of carbonyl (C=O) groups is 1. The highest BCUT2D eigenvalue weighted by Gasteiger charge is 2.33. The van der Waals surface area contributed by atoms with Gasteiger partial charge in [0.15, 0.2) is 4.32 Å². The molecule has 162 valence electrons. The van der Waals surface area contributed by atoms with Crippen molar-refractivity contribution in [2.45, 2.75) is 6.61 Å². The van der Waals surface area contributed by atoms with Crippen LogP contribution in [-0.2, 0) is 11.4 Å². The van der Waals surface area contributed by atoms with Gasteiger partial charge in [-0.2, -0.15) is 0 Å². The van der Waals surface area contributed by atoms with Crippen molar-refractivity contribution in [3.05, 3.63) is 112 Å². The number of nitrogens with zero attached hydrogens (tertiary/aromatic N) is 1. The fourth-order valence-electron chi connectivity index (χ4n) is 3.69. The number of hydrogen-bond acceptors (Lipinski definition) is 4. The van der Waals surface area contributed by atoms with Crippen LogP contribution in [0.5, 0.6) is 5.75 Å². The zero-order valence-corrected chi connectivity index (χ0v) is 20.6. The second-order valence-electron chi connectivity index (χ2n) is 7.47. The molecule has 0 saturated carbocycles. The van der Waals surface area contributed by atoms with Crippen molar-refractivity contribution in [2.75, 3.05) is 4.90 Å². The highest BCUT2D eigenvalue weighted by molar-refractivity contribution is 9.10. The Hall–Kier alpha value is -2.93. The van der Waals surface area contributed by atoms with Crippen molar-refractivity contribution in [3.8, 4) is 5.75 Å². The van der Waals surface area contributed by atoms with Gasteiger partial charge in [0.1, 0.15) is 12.4 Å². The second-order valence-corrected chi connectivity index (χ2v) is 10.1. The van der Waals surface area contributed by atoms with Gasteiger partial charge >= 0.3 is 0 Å². The number of thioether (sulfide) groups is 1. The summed E-state index contributed by atoms with van der Waals surface area (Å²) in [5.74, 6) is 0.601. The van der Waals surface area contributed by atoms with E-state index in [2.05, 4.69) is 22.0 Å². The molecule has 1 saturated heterocycles. The quantitative estimate of drug-likeness (QED) is 0.196. The Bertz CT molecular complexity index is 1380. The Morgan fingerprint density at radius 2 is 1.64 bits per heavy atom. The van der Waals surface area contributed by atoms with Gasteiger partial charge in [0.05, 0.1) is 10.6 Å². The summed E-state index contributed by atoms with van der Waals surface area (Å²) in [6.07, 6.45) is 1.90. The van der Waals surface area contributed by atoms with Crippen LogP contribution in [0.25, 0.3) is 16.8 Å². The molecule has 1 aliphatic heterocycles. The molecular formula is C27H18BrNO2S2. The van der Waals surface area contributed by atoms with Crippen LogP contribution in [0.1, 0.15) is 11.1 Å². The molecule has 0 N–H and O–H groups in total. The van der Waals surface area contributed by atoms with Crippen molar-refractivity contribution in [1.82, 2.24) is 0 Å². The fourth-order valence-corrected chi connectivity index (χ4v) is 5.24. The number of hydrogen-bond donors (Lipinski definition) is 0. The maximum absolute atomic E-state index is 13.3. The lowest BCUT2D eigenvalue weighted by atomic mass is 10.0. The van der Waals surface area contributed by atoms with E-state index < -0.39 is 0 Å². The van der Waals surface area contributed by atoms with Crippen LogP contribution >= 0.6 is 39.9 Å². The molecule has 0 aromatic heterocycles. The Morgan fingerprint density at radius 1 is 0.909 bits per heavy atom. The molecule has 0 atom stereocenters. The van der Waals surface area contributed by atoms with Crippen molar-refractivity contribution >= 4 is 72.7 Å². The molecule has 0 radical (unpaired) electrons. The maximum atomic E-state index is 13.3. The minimum atomic E-state index is -0.122. The SMILES string of the molecule is O=C1/C(=C\c2c(OCc3ccc(Br)cc3)ccc3ccccc23)SC(=S)N1c1ccccc1. The molecule has 4 aromatic carbocycles. The molecule has 5 rings (SSSR count). The highest BCUT2D eigenvalue weighted by Crippen LogP contribution is 2.39. The summed E-state index contributed by atoms with van der Waals surface area (Å²) in [4.78, 5) is 15.4. The number of para-hydroxylation sites is 1. The van der Waals surface area contributed by atoms with Crippen molar-refractivity contribution in [1.29, 1.82) is 0 Å². The first kappa shape index (κ1) is 21.9. The summed E-state index contributed by atoms with van der Waals surface area (Å²) in [7, 11) is 0. The molecule has 4 aromatic rings. The minimum absolute atomic E-state index is 0.122. The molecule has 33 heavy (non-hydrogen) atoms. The Kier molecular flexibility index (Phi) is 6.31. The van der Waals surface area contributed by atoms with E-state index in [9.17, 15) is 4.79 Å². The monoisotopic (exact) mass is 531 g/mol. The first-order valence-corrected chi connectivity index (χ1v) is 12.3. The molecular weight excluding hydrogens is 514 g/mol. The molecule has 1 fully saturated rings. The molecule has 1 aliphatic rings. The van der Waals surface area contributed by atoms with E-state index in [4.69, 9.17) is 17.0 Å². The van der Waals surface area contributed by atoms with Gasteiger partial charge in [-0.05, 0) is 52.7 Å². The number of anilines is 1. The van der Waals surface area contributed by atoms with Crippen LogP contribution in [-0.4, -0.2) is 10.2 Å². The molecule has 0 unspecified atom stereocenters. The number of thiocarbonyl (C=S) groups is 1. The summed E-state index contributed by atoms with van der Waals surface area (Å²) in [6, 6.07) is 29.6. The van der Waals surface area contributed by atoms with E-state index in [1.165, 1.54) is 11.8 Å². The molecule has 0 spiro atoms. The lowest BCUT2D eigenvalue weighted by Crippen LogP contribution is -2.27. The number of benzene rings is 4. The molecule has 0 aliphatic carbocycles. The van der Waals surface area contributed by atoms with Crippen LogP contribution in [0.2, 0.25) is 0 Å². The number of fused-ring (bicyclic) bond motifs is 1. The van der Waals surface area contributed by atoms with Crippen LogP contribution in [0, 0.1) is 0 Å². The zero-order chi connectivity index (χ0) is 22.8. The largest absolute Gasteiger partial charge is 0.488 e. The van der Waals surface area contributed by atoms with Crippen LogP contribution in [0.4, 0.5) is 5.69 Å². The Balaban J connectivity index is 1.53. The lowest BCUT2D eigenvalue weighted by molar-refractivity contribution is -0.113. The van der Waals surface area contributed by atoms with Gasteiger partial charge in [0.2, 0.25) is 0 Å². The number of amides is 1. The third kappa shape index (κ3) is 4.60. The summed E-state index contributed by atoms with van der Waals surface area (Å²) in [5.41, 5.74) is 2.71. The Labute approximate surface area is 210 Å². The first-order valence-electron chi connectivity index (χ1n) is 10.3. The van der Waals surface area contributed by atoms with E-state index in [-0.39, 0.29) is 5.91 Å². The third-order valence-electron chi connectivity index (χ3n) is 5.32.